The summed E-state index contributed by atoms with van der Waals surface area (Å²) in [4.78, 5) is 15.9. The van der Waals surface area contributed by atoms with Gasteiger partial charge in [-0.1, -0.05) is 12.1 Å². The molecule has 0 spiro atoms. The molecule has 3 saturated heterocycles. The average molecular weight is 396 g/mol. The van der Waals surface area contributed by atoms with Gasteiger partial charge in [-0.25, -0.2) is 18.2 Å². The van der Waals surface area contributed by atoms with Gasteiger partial charge in [0.25, 0.3) is 0 Å². The molecule has 3 aliphatic rings. The standard InChI is InChI=1S/C18H25FN4O3S/c1-12(24)23-7-6-22(16-10-27(25,26)11-17(16)23)9-14-8-20-21-18(14)13-2-4-15(19)5-3-13/h2-5,14,16-18,20-21H,6-11H2,1H3/t14?,16-,17+,18?/m1/s1. The fraction of sp³-hybridized carbons (Fsp3) is 0.611. The first-order valence-electron chi connectivity index (χ1n) is 9.29. The summed E-state index contributed by atoms with van der Waals surface area (Å²) in [5.41, 5.74) is 7.43. The summed E-state index contributed by atoms with van der Waals surface area (Å²) in [5, 5.41) is 0. The van der Waals surface area contributed by atoms with E-state index in [4.69, 9.17) is 0 Å². The summed E-state index contributed by atoms with van der Waals surface area (Å²) in [6, 6.07) is 6.10. The zero-order valence-electron chi connectivity index (χ0n) is 15.3. The number of hydrazine groups is 1. The molecule has 0 aliphatic carbocycles. The van der Waals surface area contributed by atoms with Crippen LogP contribution in [0.1, 0.15) is 18.5 Å². The highest BCUT2D eigenvalue weighted by molar-refractivity contribution is 7.91. The summed E-state index contributed by atoms with van der Waals surface area (Å²) in [6.07, 6.45) is 0. The predicted molar refractivity (Wildman–Crippen MR) is 99.0 cm³/mol. The van der Waals surface area contributed by atoms with Crippen LogP contribution >= 0.6 is 0 Å². The first-order valence-corrected chi connectivity index (χ1v) is 11.1. The van der Waals surface area contributed by atoms with Gasteiger partial charge in [0.1, 0.15) is 5.82 Å². The van der Waals surface area contributed by atoms with E-state index in [1.165, 1.54) is 19.1 Å². The van der Waals surface area contributed by atoms with Crippen molar-refractivity contribution in [3.63, 3.8) is 0 Å². The molecule has 3 heterocycles. The van der Waals surface area contributed by atoms with Crippen molar-refractivity contribution in [2.45, 2.75) is 25.0 Å². The van der Waals surface area contributed by atoms with Crippen molar-refractivity contribution in [1.82, 2.24) is 20.7 Å². The Kier molecular flexibility index (Phi) is 4.96. The Bertz CT molecular complexity index is 816. The molecule has 3 fully saturated rings. The predicted octanol–water partition coefficient (Wildman–Crippen LogP) is -0.0795. The number of benzene rings is 1. The zero-order valence-corrected chi connectivity index (χ0v) is 16.1. The summed E-state index contributed by atoms with van der Waals surface area (Å²) < 4.78 is 37.7. The van der Waals surface area contributed by atoms with Crippen LogP contribution in [0.25, 0.3) is 0 Å². The molecule has 4 atom stereocenters. The van der Waals surface area contributed by atoms with Crippen LogP contribution in [0.3, 0.4) is 0 Å². The smallest absolute Gasteiger partial charge is 0.219 e. The minimum atomic E-state index is -3.14. The van der Waals surface area contributed by atoms with E-state index in [-0.39, 0.29) is 47.3 Å². The van der Waals surface area contributed by atoms with Gasteiger partial charge in [-0.05, 0) is 17.7 Å². The fourth-order valence-electron chi connectivity index (χ4n) is 4.67. The van der Waals surface area contributed by atoms with Crippen LogP contribution in [0.2, 0.25) is 0 Å². The van der Waals surface area contributed by atoms with Crippen LogP contribution in [0.5, 0.6) is 0 Å². The van der Waals surface area contributed by atoms with E-state index in [9.17, 15) is 17.6 Å². The lowest BCUT2D eigenvalue weighted by Gasteiger charge is -2.44. The van der Waals surface area contributed by atoms with Gasteiger partial charge in [-0.3, -0.25) is 15.1 Å². The average Bonchev–Trinajstić information content (AvgIpc) is 3.18. The molecule has 2 N–H and O–H groups in total. The third-order valence-corrected chi connectivity index (χ3v) is 7.69. The molecule has 148 valence electrons. The van der Waals surface area contributed by atoms with Gasteiger partial charge >= 0.3 is 0 Å². The first-order chi connectivity index (χ1) is 12.8. The fourth-order valence-corrected chi connectivity index (χ4v) is 6.69. The molecule has 9 heteroatoms. The highest BCUT2D eigenvalue weighted by Gasteiger charge is 2.48. The number of piperazine rings is 1. The molecule has 0 bridgehead atoms. The number of nitrogens with zero attached hydrogens (tertiary/aromatic N) is 2. The van der Waals surface area contributed by atoms with Gasteiger partial charge in [-0.15, -0.1) is 0 Å². The van der Waals surface area contributed by atoms with E-state index in [1.54, 1.807) is 17.0 Å². The molecule has 7 nitrogen and oxygen atoms in total. The minimum absolute atomic E-state index is 0.0351. The van der Waals surface area contributed by atoms with E-state index < -0.39 is 9.84 Å². The van der Waals surface area contributed by atoms with Gasteiger partial charge in [0.05, 0.1) is 23.6 Å². The van der Waals surface area contributed by atoms with Crippen molar-refractivity contribution in [2.75, 3.05) is 37.7 Å². The normalized spacial score (nSPS) is 33.2. The van der Waals surface area contributed by atoms with Crippen LogP contribution in [-0.4, -0.2) is 73.9 Å². The second-order valence-corrected chi connectivity index (χ2v) is 9.89. The van der Waals surface area contributed by atoms with E-state index >= 15 is 0 Å². The molecule has 0 saturated carbocycles. The molecule has 0 radical (unpaired) electrons. The Morgan fingerprint density at radius 3 is 2.59 bits per heavy atom. The third kappa shape index (κ3) is 3.73. The molecule has 1 aromatic carbocycles. The molecule has 3 aliphatic heterocycles. The SMILES string of the molecule is CC(=O)N1CCN(CC2CNNC2c2ccc(F)cc2)[C@@H]2CS(=O)(=O)C[C@@H]21. The quantitative estimate of drug-likeness (QED) is 0.744. The van der Waals surface area contributed by atoms with Crippen LogP contribution in [0.4, 0.5) is 4.39 Å². The molecule has 1 amide bonds. The second-order valence-electron chi connectivity index (χ2n) is 7.73. The van der Waals surface area contributed by atoms with Crippen LogP contribution in [0.15, 0.2) is 24.3 Å². The lowest BCUT2D eigenvalue weighted by molar-refractivity contribution is -0.134. The monoisotopic (exact) mass is 396 g/mol. The van der Waals surface area contributed by atoms with Crippen LogP contribution in [0, 0.1) is 11.7 Å². The largest absolute Gasteiger partial charge is 0.336 e. The lowest BCUT2D eigenvalue weighted by atomic mass is 9.93. The van der Waals surface area contributed by atoms with Gasteiger partial charge in [0, 0.05) is 45.1 Å². The molecule has 0 aromatic heterocycles. The zero-order chi connectivity index (χ0) is 19.2. The Balaban J connectivity index is 1.51. The highest BCUT2D eigenvalue weighted by Crippen LogP contribution is 2.31. The first kappa shape index (κ1) is 18.8. The molecule has 4 rings (SSSR count). The Labute approximate surface area is 158 Å². The van der Waals surface area contributed by atoms with Crippen molar-refractivity contribution in [2.24, 2.45) is 5.92 Å². The Hall–Kier alpha value is -1.55. The number of halogens is 1. The molecular formula is C18H25FN4O3S. The molecular weight excluding hydrogens is 371 g/mol. The van der Waals surface area contributed by atoms with E-state index in [0.717, 1.165) is 18.7 Å². The third-order valence-electron chi connectivity index (χ3n) is 5.99. The van der Waals surface area contributed by atoms with Crippen molar-refractivity contribution in [3.8, 4) is 0 Å². The molecule has 27 heavy (non-hydrogen) atoms. The van der Waals surface area contributed by atoms with E-state index in [1.807, 2.05) is 0 Å². The van der Waals surface area contributed by atoms with Crippen molar-refractivity contribution in [1.29, 1.82) is 0 Å². The van der Waals surface area contributed by atoms with Gasteiger partial charge in [0.2, 0.25) is 5.91 Å². The van der Waals surface area contributed by atoms with E-state index in [0.29, 0.717) is 13.1 Å². The van der Waals surface area contributed by atoms with Crippen molar-refractivity contribution >= 4 is 15.7 Å². The van der Waals surface area contributed by atoms with E-state index in [2.05, 4.69) is 15.8 Å². The number of carbonyl (C=O) groups excluding carboxylic acids is 1. The maximum Gasteiger partial charge on any atom is 0.219 e. The van der Waals surface area contributed by atoms with Crippen LogP contribution < -0.4 is 10.9 Å². The maximum absolute atomic E-state index is 13.2. The Morgan fingerprint density at radius 2 is 1.89 bits per heavy atom. The molecule has 1 aromatic rings. The maximum atomic E-state index is 13.2. The Morgan fingerprint density at radius 1 is 1.19 bits per heavy atom. The van der Waals surface area contributed by atoms with Gasteiger partial charge < -0.3 is 4.90 Å². The number of hydrogen-bond acceptors (Lipinski definition) is 6. The topological polar surface area (TPSA) is 81.8 Å². The second kappa shape index (κ2) is 7.12. The van der Waals surface area contributed by atoms with Crippen LogP contribution in [-0.2, 0) is 14.6 Å². The lowest BCUT2D eigenvalue weighted by Crippen LogP contribution is -2.61. The van der Waals surface area contributed by atoms with Gasteiger partial charge in [0.15, 0.2) is 9.84 Å². The summed E-state index contributed by atoms with van der Waals surface area (Å²) in [5.74, 6) is 0.0612. The minimum Gasteiger partial charge on any atom is -0.336 e. The molecule has 2 unspecified atom stereocenters. The summed E-state index contributed by atoms with van der Waals surface area (Å²) in [7, 11) is -3.14. The summed E-state index contributed by atoms with van der Waals surface area (Å²) >= 11 is 0. The highest BCUT2D eigenvalue weighted by atomic mass is 32.2. The number of carbonyl (C=O) groups is 1. The van der Waals surface area contributed by atoms with Crippen molar-refractivity contribution < 1.29 is 17.6 Å². The van der Waals surface area contributed by atoms with Gasteiger partial charge in [-0.2, -0.15) is 0 Å². The number of hydrogen-bond donors (Lipinski definition) is 2. The number of sulfone groups is 1. The summed E-state index contributed by atoms with van der Waals surface area (Å²) in [6.45, 7) is 4.21. The number of fused-ring (bicyclic) bond motifs is 1. The number of amides is 1. The number of nitrogens with one attached hydrogen (secondary N) is 2. The van der Waals surface area contributed by atoms with Crippen molar-refractivity contribution in [3.05, 3.63) is 35.6 Å². The number of rotatable bonds is 3.